The van der Waals surface area contributed by atoms with Gasteiger partial charge in [-0.15, -0.1) is 0 Å². The van der Waals surface area contributed by atoms with Crippen LogP contribution in [0.2, 0.25) is 0 Å². The van der Waals surface area contributed by atoms with Crippen LogP contribution in [0.5, 0.6) is 0 Å². The van der Waals surface area contributed by atoms with E-state index in [4.69, 9.17) is 0 Å². The molecule has 0 radical (unpaired) electrons. The van der Waals surface area contributed by atoms with Crippen LogP contribution in [-0.2, 0) is 7.05 Å². The highest BCUT2D eigenvalue weighted by molar-refractivity contribution is 5.62. The Balaban J connectivity index is 0.000000686. The number of aromatic nitrogens is 2. The normalized spacial score (nSPS) is 10.0. The van der Waals surface area contributed by atoms with Crippen LogP contribution in [0.25, 0.3) is 11.1 Å². The number of rotatable bonds is 2. The third-order valence-electron chi connectivity index (χ3n) is 2.59. The van der Waals surface area contributed by atoms with E-state index < -0.39 is 0 Å². The summed E-state index contributed by atoms with van der Waals surface area (Å²) in [4.78, 5) is 0. The molecular weight excluding hydrogens is 208 g/mol. The molecular formula is C15H22N2. The summed E-state index contributed by atoms with van der Waals surface area (Å²) in [6.07, 6.45) is 3.94. The van der Waals surface area contributed by atoms with Crippen molar-refractivity contribution in [1.29, 1.82) is 0 Å². The number of aryl methyl sites for hydroxylation is 1. The minimum atomic E-state index is 0.571. The van der Waals surface area contributed by atoms with E-state index in [0.29, 0.717) is 5.92 Å². The largest absolute Gasteiger partial charge is 0.275 e. The summed E-state index contributed by atoms with van der Waals surface area (Å²) >= 11 is 0. The van der Waals surface area contributed by atoms with Gasteiger partial charge in [-0.25, -0.2) is 0 Å². The highest BCUT2D eigenvalue weighted by Gasteiger charge is 2.03. The van der Waals surface area contributed by atoms with E-state index in [9.17, 15) is 0 Å². The molecule has 0 aliphatic rings. The van der Waals surface area contributed by atoms with E-state index in [0.717, 1.165) is 0 Å². The quantitative estimate of drug-likeness (QED) is 0.754. The van der Waals surface area contributed by atoms with Crippen molar-refractivity contribution < 1.29 is 0 Å². The maximum atomic E-state index is 4.18. The van der Waals surface area contributed by atoms with Crippen LogP contribution < -0.4 is 0 Å². The van der Waals surface area contributed by atoms with Crippen molar-refractivity contribution in [3.05, 3.63) is 42.2 Å². The number of hydrogen-bond donors (Lipinski definition) is 0. The van der Waals surface area contributed by atoms with Crippen LogP contribution in [0.1, 0.15) is 39.2 Å². The molecule has 0 saturated carbocycles. The second-order valence-corrected chi connectivity index (χ2v) is 4.18. The maximum absolute atomic E-state index is 4.18. The molecule has 2 heteroatoms. The number of hydrogen-bond acceptors (Lipinski definition) is 1. The first kappa shape index (κ1) is 13.5. The van der Waals surface area contributed by atoms with Gasteiger partial charge in [-0.3, -0.25) is 4.68 Å². The summed E-state index contributed by atoms with van der Waals surface area (Å²) in [5, 5.41) is 4.18. The second kappa shape index (κ2) is 6.24. The number of nitrogens with zero attached hydrogens (tertiary/aromatic N) is 2. The van der Waals surface area contributed by atoms with E-state index >= 15 is 0 Å². The Labute approximate surface area is 104 Å². The van der Waals surface area contributed by atoms with Crippen molar-refractivity contribution in [2.45, 2.75) is 33.6 Å². The molecule has 2 nitrogen and oxygen atoms in total. The van der Waals surface area contributed by atoms with Crippen LogP contribution in [0.15, 0.2) is 36.7 Å². The molecule has 0 aliphatic heterocycles. The van der Waals surface area contributed by atoms with Crippen LogP contribution in [0.3, 0.4) is 0 Å². The molecule has 0 fully saturated rings. The topological polar surface area (TPSA) is 17.8 Å². The lowest BCUT2D eigenvalue weighted by Crippen LogP contribution is -1.87. The molecule has 1 heterocycles. The van der Waals surface area contributed by atoms with Crippen molar-refractivity contribution >= 4 is 0 Å². The summed E-state index contributed by atoms with van der Waals surface area (Å²) in [6, 6.07) is 8.65. The van der Waals surface area contributed by atoms with E-state index in [1.54, 1.807) is 0 Å². The molecule has 1 aromatic heterocycles. The predicted octanol–water partition coefficient (Wildman–Crippen LogP) is 4.24. The minimum absolute atomic E-state index is 0.571. The monoisotopic (exact) mass is 230 g/mol. The zero-order valence-corrected chi connectivity index (χ0v) is 11.4. The van der Waals surface area contributed by atoms with Gasteiger partial charge in [0.2, 0.25) is 0 Å². The maximum Gasteiger partial charge on any atom is 0.0568 e. The van der Waals surface area contributed by atoms with Gasteiger partial charge in [-0.1, -0.05) is 52.0 Å². The smallest absolute Gasteiger partial charge is 0.0568 e. The summed E-state index contributed by atoms with van der Waals surface area (Å²) in [7, 11) is 1.94. The summed E-state index contributed by atoms with van der Waals surface area (Å²) in [5.41, 5.74) is 3.80. The molecule has 0 aliphatic carbocycles. The van der Waals surface area contributed by atoms with Gasteiger partial charge in [-0.2, -0.15) is 5.10 Å². The van der Waals surface area contributed by atoms with Gasteiger partial charge in [-0.05, 0) is 17.0 Å². The summed E-state index contributed by atoms with van der Waals surface area (Å²) in [6.45, 7) is 8.42. The Morgan fingerprint density at radius 2 is 1.82 bits per heavy atom. The second-order valence-electron chi connectivity index (χ2n) is 4.18. The average Bonchev–Trinajstić information content (AvgIpc) is 2.79. The highest BCUT2D eigenvalue weighted by Crippen LogP contribution is 2.23. The SMILES string of the molecule is CC.CC(C)c1cccc(-c2cnn(C)c2)c1. The zero-order valence-electron chi connectivity index (χ0n) is 11.4. The fraction of sp³-hybridized carbons (Fsp3) is 0.400. The van der Waals surface area contributed by atoms with Gasteiger partial charge in [0.15, 0.2) is 0 Å². The van der Waals surface area contributed by atoms with Gasteiger partial charge in [0.1, 0.15) is 0 Å². The minimum Gasteiger partial charge on any atom is -0.275 e. The molecule has 0 saturated heterocycles. The Hall–Kier alpha value is -1.57. The van der Waals surface area contributed by atoms with Crippen molar-refractivity contribution in [2.24, 2.45) is 7.05 Å². The lowest BCUT2D eigenvalue weighted by molar-refractivity contribution is 0.768. The van der Waals surface area contributed by atoms with E-state index in [-0.39, 0.29) is 0 Å². The first-order valence-electron chi connectivity index (χ1n) is 6.26. The van der Waals surface area contributed by atoms with Gasteiger partial charge in [0.25, 0.3) is 0 Å². The van der Waals surface area contributed by atoms with Crippen LogP contribution in [0.4, 0.5) is 0 Å². The third-order valence-corrected chi connectivity index (χ3v) is 2.59. The highest BCUT2D eigenvalue weighted by atomic mass is 15.2. The Bertz CT molecular complexity index is 455. The van der Waals surface area contributed by atoms with Gasteiger partial charge < -0.3 is 0 Å². The van der Waals surface area contributed by atoms with Crippen molar-refractivity contribution in [1.82, 2.24) is 9.78 Å². The predicted molar refractivity (Wildman–Crippen MR) is 74.1 cm³/mol. The standard InChI is InChI=1S/C13H16N2.C2H6/c1-10(2)11-5-4-6-12(7-11)13-8-14-15(3)9-13;1-2/h4-10H,1-3H3;1-2H3. The zero-order chi connectivity index (χ0) is 12.8. The fourth-order valence-electron chi connectivity index (χ4n) is 1.65. The lowest BCUT2D eigenvalue weighted by Gasteiger charge is -2.06. The molecule has 2 rings (SSSR count). The van der Waals surface area contributed by atoms with Crippen LogP contribution in [-0.4, -0.2) is 9.78 Å². The van der Waals surface area contributed by atoms with E-state index in [1.165, 1.54) is 16.7 Å². The van der Waals surface area contributed by atoms with Gasteiger partial charge in [0, 0.05) is 18.8 Å². The molecule has 0 unspecified atom stereocenters. The first-order valence-corrected chi connectivity index (χ1v) is 6.26. The third kappa shape index (κ3) is 3.45. The van der Waals surface area contributed by atoms with Crippen molar-refractivity contribution in [3.63, 3.8) is 0 Å². The molecule has 1 aromatic carbocycles. The molecule has 0 amide bonds. The van der Waals surface area contributed by atoms with E-state index in [2.05, 4.69) is 43.2 Å². The van der Waals surface area contributed by atoms with Gasteiger partial charge in [0.05, 0.1) is 6.20 Å². The Morgan fingerprint density at radius 1 is 1.12 bits per heavy atom. The molecule has 0 spiro atoms. The molecule has 0 atom stereocenters. The number of benzene rings is 1. The molecule has 0 bridgehead atoms. The van der Waals surface area contributed by atoms with Crippen LogP contribution >= 0.6 is 0 Å². The molecule has 17 heavy (non-hydrogen) atoms. The molecule has 2 aromatic rings. The van der Waals surface area contributed by atoms with Crippen molar-refractivity contribution in [2.75, 3.05) is 0 Å². The average molecular weight is 230 g/mol. The fourth-order valence-corrected chi connectivity index (χ4v) is 1.65. The van der Waals surface area contributed by atoms with Crippen LogP contribution in [0, 0.1) is 0 Å². The summed E-state index contributed by atoms with van der Waals surface area (Å²) in [5.74, 6) is 0.571. The van der Waals surface area contributed by atoms with Crippen molar-refractivity contribution in [3.8, 4) is 11.1 Å². The molecule has 92 valence electrons. The van der Waals surface area contributed by atoms with Gasteiger partial charge >= 0.3 is 0 Å². The Kier molecular flexibility index (Phi) is 4.95. The lowest BCUT2D eigenvalue weighted by atomic mass is 9.99. The summed E-state index contributed by atoms with van der Waals surface area (Å²) < 4.78 is 1.83. The Morgan fingerprint density at radius 3 is 2.35 bits per heavy atom. The van der Waals surface area contributed by atoms with E-state index in [1.807, 2.05) is 38.0 Å². The first-order chi connectivity index (χ1) is 8.16. The molecule has 0 N–H and O–H groups in total.